The molecule has 23 heavy (non-hydrogen) atoms. The molecule has 5 nitrogen and oxygen atoms in total. The van der Waals surface area contributed by atoms with Crippen LogP contribution in [-0.4, -0.2) is 25.0 Å². The Labute approximate surface area is 143 Å². The summed E-state index contributed by atoms with van der Waals surface area (Å²) in [4.78, 5) is 23.4. The van der Waals surface area contributed by atoms with Gasteiger partial charge in [0.1, 0.15) is 0 Å². The number of urea groups is 1. The largest absolute Gasteiger partial charge is 0.338 e. The predicted octanol–water partition coefficient (Wildman–Crippen LogP) is 3.11. The lowest BCUT2D eigenvalue weighted by Gasteiger charge is -2.22. The second kappa shape index (κ2) is 9.53. The van der Waals surface area contributed by atoms with Crippen molar-refractivity contribution in [2.75, 3.05) is 13.1 Å². The highest BCUT2D eigenvalue weighted by atomic mass is 35.5. The first kappa shape index (κ1) is 19.5. The molecule has 0 heterocycles. The molecule has 0 saturated heterocycles. The first-order valence-corrected chi connectivity index (χ1v) is 8.24. The van der Waals surface area contributed by atoms with Crippen molar-refractivity contribution in [2.45, 2.75) is 33.7 Å². The smallest absolute Gasteiger partial charge is 0.321 e. The van der Waals surface area contributed by atoms with Gasteiger partial charge in [-0.15, -0.1) is 0 Å². The number of halogens is 1. The van der Waals surface area contributed by atoms with E-state index in [0.717, 1.165) is 5.56 Å². The van der Waals surface area contributed by atoms with Crippen LogP contribution in [0.2, 0.25) is 5.02 Å². The fraction of sp³-hybridized carbons (Fsp3) is 0.529. The minimum atomic E-state index is -0.460. The number of hydrogen-bond donors (Lipinski definition) is 3. The third-order valence-corrected chi connectivity index (χ3v) is 3.55. The van der Waals surface area contributed by atoms with Gasteiger partial charge in [0.25, 0.3) is 0 Å². The minimum Gasteiger partial charge on any atom is -0.338 e. The van der Waals surface area contributed by atoms with Crippen LogP contribution in [0, 0.1) is 11.8 Å². The Bertz CT molecular complexity index is 515. The van der Waals surface area contributed by atoms with Gasteiger partial charge in [0.15, 0.2) is 0 Å². The quantitative estimate of drug-likeness (QED) is 0.715. The summed E-state index contributed by atoms with van der Waals surface area (Å²) in [6, 6.07) is 7.08. The molecule has 3 N–H and O–H groups in total. The third-order valence-electron chi connectivity index (χ3n) is 3.30. The minimum absolute atomic E-state index is 0.0109. The van der Waals surface area contributed by atoms with E-state index in [2.05, 4.69) is 29.8 Å². The Hall–Kier alpha value is -1.59. The monoisotopic (exact) mass is 339 g/mol. The topological polar surface area (TPSA) is 70.2 Å². The van der Waals surface area contributed by atoms with Crippen LogP contribution in [0.15, 0.2) is 24.3 Å². The fourth-order valence-electron chi connectivity index (χ4n) is 2.12. The second-order valence-electron chi connectivity index (χ2n) is 6.31. The number of nitrogens with one attached hydrogen (secondary N) is 3. The molecule has 0 saturated carbocycles. The van der Waals surface area contributed by atoms with E-state index < -0.39 is 6.03 Å². The van der Waals surface area contributed by atoms with Gasteiger partial charge < -0.3 is 10.6 Å². The van der Waals surface area contributed by atoms with Crippen molar-refractivity contribution in [3.8, 4) is 0 Å². The van der Waals surface area contributed by atoms with Gasteiger partial charge in [-0.1, -0.05) is 51.4 Å². The first-order chi connectivity index (χ1) is 10.8. The van der Waals surface area contributed by atoms with Gasteiger partial charge in [0.05, 0.1) is 6.54 Å². The molecule has 0 aliphatic rings. The SMILES string of the molecule is CC(C)CNC(=O)NC(=O)CN[C@@H](c1ccc(Cl)cc1)C(C)C. The van der Waals surface area contributed by atoms with E-state index in [0.29, 0.717) is 23.4 Å². The maximum atomic E-state index is 11.9. The summed E-state index contributed by atoms with van der Waals surface area (Å²) in [7, 11) is 0. The van der Waals surface area contributed by atoms with E-state index >= 15 is 0 Å². The van der Waals surface area contributed by atoms with Crippen LogP contribution in [-0.2, 0) is 4.79 Å². The van der Waals surface area contributed by atoms with Crippen molar-refractivity contribution in [1.82, 2.24) is 16.0 Å². The average molecular weight is 340 g/mol. The zero-order chi connectivity index (χ0) is 17.4. The average Bonchev–Trinajstić information content (AvgIpc) is 2.46. The van der Waals surface area contributed by atoms with Crippen LogP contribution < -0.4 is 16.0 Å². The van der Waals surface area contributed by atoms with Crippen molar-refractivity contribution in [3.63, 3.8) is 0 Å². The van der Waals surface area contributed by atoms with Crippen LogP contribution in [0.5, 0.6) is 0 Å². The first-order valence-electron chi connectivity index (χ1n) is 7.86. The summed E-state index contributed by atoms with van der Waals surface area (Å²) in [6.45, 7) is 8.72. The number of amides is 3. The Balaban J connectivity index is 2.50. The van der Waals surface area contributed by atoms with Crippen molar-refractivity contribution in [1.29, 1.82) is 0 Å². The fourth-order valence-corrected chi connectivity index (χ4v) is 2.25. The molecule has 3 amide bonds. The van der Waals surface area contributed by atoms with Gasteiger partial charge >= 0.3 is 6.03 Å². The summed E-state index contributed by atoms with van der Waals surface area (Å²) < 4.78 is 0. The molecule has 0 spiro atoms. The molecule has 0 unspecified atom stereocenters. The number of carbonyl (C=O) groups is 2. The lowest BCUT2D eigenvalue weighted by Crippen LogP contribution is -2.45. The van der Waals surface area contributed by atoms with Crippen molar-refractivity contribution in [2.24, 2.45) is 11.8 Å². The normalized spacial score (nSPS) is 12.3. The molecule has 0 aromatic heterocycles. The zero-order valence-electron chi connectivity index (χ0n) is 14.2. The summed E-state index contributed by atoms with van der Waals surface area (Å²) in [6.07, 6.45) is 0. The van der Waals surface area contributed by atoms with Crippen LogP contribution in [0.3, 0.4) is 0 Å². The second-order valence-corrected chi connectivity index (χ2v) is 6.74. The van der Waals surface area contributed by atoms with E-state index in [1.54, 1.807) is 0 Å². The van der Waals surface area contributed by atoms with Crippen molar-refractivity contribution >= 4 is 23.5 Å². The molecule has 0 radical (unpaired) electrons. The maximum absolute atomic E-state index is 11.9. The molecule has 128 valence electrons. The van der Waals surface area contributed by atoms with E-state index in [9.17, 15) is 9.59 Å². The van der Waals surface area contributed by atoms with Crippen molar-refractivity contribution in [3.05, 3.63) is 34.9 Å². The summed E-state index contributed by atoms with van der Waals surface area (Å²) >= 11 is 5.90. The summed E-state index contributed by atoms with van der Waals surface area (Å²) in [5.41, 5.74) is 1.06. The zero-order valence-corrected chi connectivity index (χ0v) is 14.9. The lowest BCUT2D eigenvalue weighted by molar-refractivity contribution is -0.119. The van der Waals surface area contributed by atoms with E-state index in [4.69, 9.17) is 11.6 Å². The van der Waals surface area contributed by atoms with Gasteiger partial charge in [-0.25, -0.2) is 4.79 Å². The van der Waals surface area contributed by atoms with Crippen molar-refractivity contribution < 1.29 is 9.59 Å². The molecule has 1 atom stereocenters. The number of hydrogen-bond acceptors (Lipinski definition) is 3. The maximum Gasteiger partial charge on any atom is 0.321 e. The van der Waals surface area contributed by atoms with Gasteiger partial charge in [0.2, 0.25) is 5.91 Å². The van der Waals surface area contributed by atoms with E-state index in [1.165, 1.54) is 0 Å². The van der Waals surface area contributed by atoms with Gasteiger partial charge in [-0.2, -0.15) is 0 Å². The van der Waals surface area contributed by atoms with Gasteiger partial charge in [-0.05, 0) is 29.5 Å². The Morgan fingerprint density at radius 1 is 1.09 bits per heavy atom. The Morgan fingerprint density at radius 3 is 2.22 bits per heavy atom. The van der Waals surface area contributed by atoms with Crippen LogP contribution >= 0.6 is 11.6 Å². The number of imide groups is 1. The molecule has 6 heteroatoms. The highest BCUT2D eigenvalue weighted by molar-refractivity contribution is 6.30. The Morgan fingerprint density at radius 2 is 1.70 bits per heavy atom. The Kier molecular flexibility index (Phi) is 8.06. The molecule has 0 aliphatic carbocycles. The van der Waals surface area contributed by atoms with Crippen LogP contribution in [0.1, 0.15) is 39.3 Å². The highest BCUT2D eigenvalue weighted by Gasteiger charge is 2.17. The summed E-state index contributed by atoms with van der Waals surface area (Å²) in [5.74, 6) is 0.272. The molecule has 0 fully saturated rings. The summed E-state index contributed by atoms with van der Waals surface area (Å²) in [5, 5.41) is 8.83. The molecule has 1 rings (SSSR count). The molecule has 0 bridgehead atoms. The lowest BCUT2D eigenvalue weighted by atomic mass is 9.96. The molecular weight excluding hydrogens is 314 g/mol. The van der Waals surface area contributed by atoms with Crippen LogP contribution in [0.25, 0.3) is 0 Å². The molecule has 0 aliphatic heterocycles. The standard InChI is InChI=1S/C17H26ClN3O2/c1-11(2)9-20-17(23)21-15(22)10-19-16(12(3)4)13-5-7-14(18)8-6-13/h5-8,11-12,16,19H,9-10H2,1-4H3,(H2,20,21,22,23)/t16-/m1/s1. The van der Waals surface area contributed by atoms with Crippen LogP contribution in [0.4, 0.5) is 4.79 Å². The van der Waals surface area contributed by atoms with Gasteiger partial charge in [0, 0.05) is 17.6 Å². The number of benzene rings is 1. The van der Waals surface area contributed by atoms with E-state index in [1.807, 2.05) is 38.1 Å². The predicted molar refractivity (Wildman–Crippen MR) is 93.4 cm³/mol. The number of carbonyl (C=O) groups excluding carboxylic acids is 2. The molecular formula is C17H26ClN3O2. The number of rotatable bonds is 7. The molecule has 1 aromatic carbocycles. The third kappa shape index (κ3) is 7.48. The van der Waals surface area contributed by atoms with Gasteiger partial charge in [-0.3, -0.25) is 10.1 Å². The highest BCUT2D eigenvalue weighted by Crippen LogP contribution is 2.22. The molecule has 1 aromatic rings. The van der Waals surface area contributed by atoms with E-state index in [-0.39, 0.29) is 18.5 Å².